The lowest BCUT2D eigenvalue weighted by molar-refractivity contribution is 0.131. The van der Waals surface area contributed by atoms with E-state index in [0.717, 1.165) is 12.0 Å². The van der Waals surface area contributed by atoms with Crippen LogP contribution in [0.15, 0.2) is 23.8 Å². The molecule has 1 rings (SSSR count). The summed E-state index contributed by atoms with van der Waals surface area (Å²) in [7, 11) is 0. The zero-order chi connectivity index (χ0) is 8.43. The van der Waals surface area contributed by atoms with Crippen molar-refractivity contribution in [3.05, 3.63) is 23.8 Å². The standard InChI is InChI=1S/C9H14O2/c1-3-7-8(10)5-4-6(2)9(7)11/h3,8-11H,2,4-5H2,1H3. The van der Waals surface area contributed by atoms with Crippen LogP contribution in [-0.4, -0.2) is 22.4 Å². The third kappa shape index (κ3) is 1.52. The average molecular weight is 154 g/mol. The van der Waals surface area contributed by atoms with E-state index in [-0.39, 0.29) is 0 Å². The minimum absolute atomic E-state index is 0.472. The number of allylic oxidation sites excluding steroid dienone is 1. The van der Waals surface area contributed by atoms with Gasteiger partial charge in [-0.3, -0.25) is 0 Å². The van der Waals surface area contributed by atoms with E-state index in [4.69, 9.17) is 0 Å². The summed E-state index contributed by atoms with van der Waals surface area (Å²) >= 11 is 0. The predicted octanol–water partition coefficient (Wildman–Crippen LogP) is 1.00. The molecule has 1 fully saturated rings. The molecule has 1 saturated carbocycles. The SMILES string of the molecule is C=C1CCC(O)C(=CC)C1O. The maximum atomic E-state index is 9.48. The summed E-state index contributed by atoms with van der Waals surface area (Å²) in [6.07, 6.45) is 2.08. The first-order valence-electron chi connectivity index (χ1n) is 3.86. The van der Waals surface area contributed by atoms with E-state index in [0.29, 0.717) is 12.0 Å². The highest BCUT2D eigenvalue weighted by Crippen LogP contribution is 2.27. The first-order valence-corrected chi connectivity index (χ1v) is 3.86. The molecular formula is C9H14O2. The molecule has 2 heteroatoms. The quantitative estimate of drug-likeness (QED) is 0.511. The Kier molecular flexibility index (Phi) is 2.47. The van der Waals surface area contributed by atoms with Gasteiger partial charge in [-0.1, -0.05) is 12.7 Å². The number of hydrogen-bond acceptors (Lipinski definition) is 2. The molecule has 0 aromatic carbocycles. The molecule has 0 amide bonds. The highest BCUT2D eigenvalue weighted by Gasteiger charge is 2.25. The van der Waals surface area contributed by atoms with E-state index in [1.807, 2.05) is 6.92 Å². The van der Waals surface area contributed by atoms with Gasteiger partial charge in [0, 0.05) is 0 Å². The molecule has 0 spiro atoms. The summed E-state index contributed by atoms with van der Waals surface area (Å²) in [5, 5.41) is 18.9. The minimum Gasteiger partial charge on any atom is -0.389 e. The summed E-state index contributed by atoms with van der Waals surface area (Å²) in [6.45, 7) is 5.55. The Bertz CT molecular complexity index is 194. The molecule has 0 aromatic rings. The van der Waals surface area contributed by atoms with Gasteiger partial charge in [0.05, 0.1) is 12.2 Å². The van der Waals surface area contributed by atoms with Gasteiger partial charge in [-0.2, -0.15) is 0 Å². The monoisotopic (exact) mass is 154 g/mol. The van der Waals surface area contributed by atoms with Crippen molar-refractivity contribution in [2.45, 2.75) is 32.0 Å². The van der Waals surface area contributed by atoms with Gasteiger partial charge >= 0.3 is 0 Å². The molecule has 0 aliphatic heterocycles. The normalized spacial score (nSPS) is 36.3. The van der Waals surface area contributed by atoms with Crippen LogP contribution >= 0.6 is 0 Å². The van der Waals surface area contributed by atoms with Crippen LogP contribution in [0.3, 0.4) is 0 Å². The summed E-state index contributed by atoms with van der Waals surface area (Å²) in [6, 6.07) is 0. The van der Waals surface area contributed by atoms with Crippen LogP contribution in [0.25, 0.3) is 0 Å². The first kappa shape index (κ1) is 8.50. The van der Waals surface area contributed by atoms with Crippen molar-refractivity contribution in [2.75, 3.05) is 0 Å². The average Bonchev–Trinajstić information content (AvgIpc) is 1.99. The molecule has 0 radical (unpaired) electrons. The molecule has 62 valence electrons. The summed E-state index contributed by atoms with van der Waals surface area (Å²) < 4.78 is 0. The van der Waals surface area contributed by atoms with Gasteiger partial charge in [-0.05, 0) is 30.9 Å². The van der Waals surface area contributed by atoms with Crippen LogP contribution in [0.5, 0.6) is 0 Å². The number of rotatable bonds is 0. The largest absolute Gasteiger partial charge is 0.389 e. The topological polar surface area (TPSA) is 40.5 Å². The molecule has 2 nitrogen and oxygen atoms in total. The van der Waals surface area contributed by atoms with Gasteiger partial charge in [0.15, 0.2) is 0 Å². The van der Waals surface area contributed by atoms with Crippen LogP contribution in [0.2, 0.25) is 0 Å². The molecule has 2 atom stereocenters. The summed E-state index contributed by atoms with van der Waals surface area (Å²) in [5.41, 5.74) is 1.50. The third-order valence-corrected chi connectivity index (χ3v) is 2.16. The molecule has 0 bridgehead atoms. The van der Waals surface area contributed by atoms with E-state index < -0.39 is 12.2 Å². The van der Waals surface area contributed by atoms with Crippen molar-refractivity contribution < 1.29 is 10.2 Å². The van der Waals surface area contributed by atoms with Gasteiger partial charge < -0.3 is 10.2 Å². The fourth-order valence-corrected chi connectivity index (χ4v) is 1.39. The fourth-order valence-electron chi connectivity index (χ4n) is 1.39. The van der Waals surface area contributed by atoms with Crippen LogP contribution in [0, 0.1) is 0 Å². The lowest BCUT2D eigenvalue weighted by Crippen LogP contribution is -2.28. The molecule has 0 aromatic heterocycles. The van der Waals surface area contributed by atoms with Gasteiger partial charge in [-0.15, -0.1) is 0 Å². The Labute approximate surface area is 66.9 Å². The second-order valence-corrected chi connectivity index (χ2v) is 2.90. The zero-order valence-electron chi connectivity index (χ0n) is 6.75. The second-order valence-electron chi connectivity index (χ2n) is 2.90. The van der Waals surface area contributed by atoms with Crippen molar-refractivity contribution in [3.63, 3.8) is 0 Å². The maximum Gasteiger partial charge on any atom is 0.0983 e. The Morgan fingerprint density at radius 2 is 2.18 bits per heavy atom. The molecule has 0 heterocycles. The summed E-state index contributed by atoms with van der Waals surface area (Å²) in [4.78, 5) is 0. The molecule has 1 aliphatic carbocycles. The maximum absolute atomic E-state index is 9.48. The van der Waals surface area contributed by atoms with Gasteiger partial charge in [0.1, 0.15) is 0 Å². The smallest absolute Gasteiger partial charge is 0.0983 e. The Balaban J connectivity index is 2.80. The Morgan fingerprint density at radius 1 is 1.55 bits per heavy atom. The van der Waals surface area contributed by atoms with Crippen LogP contribution in [-0.2, 0) is 0 Å². The predicted molar refractivity (Wildman–Crippen MR) is 44.1 cm³/mol. The van der Waals surface area contributed by atoms with Crippen molar-refractivity contribution in [1.29, 1.82) is 0 Å². The van der Waals surface area contributed by atoms with Crippen molar-refractivity contribution >= 4 is 0 Å². The van der Waals surface area contributed by atoms with Crippen LogP contribution in [0.1, 0.15) is 19.8 Å². The molecule has 11 heavy (non-hydrogen) atoms. The van der Waals surface area contributed by atoms with Crippen molar-refractivity contribution in [2.24, 2.45) is 0 Å². The molecule has 2 N–H and O–H groups in total. The Morgan fingerprint density at radius 3 is 2.64 bits per heavy atom. The molecular weight excluding hydrogens is 140 g/mol. The van der Waals surface area contributed by atoms with Crippen molar-refractivity contribution in [1.82, 2.24) is 0 Å². The van der Waals surface area contributed by atoms with E-state index in [1.54, 1.807) is 6.08 Å². The van der Waals surface area contributed by atoms with Gasteiger partial charge in [0.2, 0.25) is 0 Å². The van der Waals surface area contributed by atoms with Crippen LogP contribution in [0.4, 0.5) is 0 Å². The molecule has 0 saturated heterocycles. The van der Waals surface area contributed by atoms with E-state index >= 15 is 0 Å². The van der Waals surface area contributed by atoms with Gasteiger partial charge in [0.25, 0.3) is 0 Å². The minimum atomic E-state index is -0.622. The number of aliphatic hydroxyl groups is 2. The fraction of sp³-hybridized carbons (Fsp3) is 0.556. The molecule has 2 unspecified atom stereocenters. The van der Waals surface area contributed by atoms with Crippen LogP contribution < -0.4 is 0 Å². The van der Waals surface area contributed by atoms with Gasteiger partial charge in [-0.25, -0.2) is 0 Å². The highest BCUT2D eigenvalue weighted by atomic mass is 16.3. The third-order valence-electron chi connectivity index (χ3n) is 2.16. The lowest BCUT2D eigenvalue weighted by atomic mass is 9.86. The number of hydrogen-bond donors (Lipinski definition) is 2. The molecule has 1 aliphatic rings. The number of aliphatic hydroxyl groups excluding tert-OH is 2. The first-order chi connectivity index (χ1) is 5.16. The van der Waals surface area contributed by atoms with E-state index in [2.05, 4.69) is 6.58 Å². The van der Waals surface area contributed by atoms with E-state index in [9.17, 15) is 10.2 Å². The second kappa shape index (κ2) is 3.20. The summed E-state index contributed by atoms with van der Waals surface area (Å²) in [5.74, 6) is 0. The highest BCUT2D eigenvalue weighted by molar-refractivity contribution is 5.27. The zero-order valence-corrected chi connectivity index (χ0v) is 6.75. The van der Waals surface area contributed by atoms with E-state index in [1.165, 1.54) is 0 Å². The van der Waals surface area contributed by atoms with Crippen molar-refractivity contribution in [3.8, 4) is 0 Å². The Hall–Kier alpha value is -0.600. The lowest BCUT2D eigenvalue weighted by Gasteiger charge is -2.27.